The molecule has 0 saturated carbocycles. The number of hydrogen-bond donors (Lipinski definition) is 0. The highest BCUT2D eigenvalue weighted by Gasteiger charge is 2.06. The molecule has 0 atom stereocenters. The Kier molecular flexibility index (Phi) is 6.50. The van der Waals surface area contributed by atoms with Crippen molar-refractivity contribution >= 4 is 23.6 Å². The molecule has 2 nitrogen and oxygen atoms in total. The van der Waals surface area contributed by atoms with Crippen LogP contribution < -0.4 is 4.74 Å². The van der Waals surface area contributed by atoms with E-state index in [2.05, 4.69) is 18.2 Å². The van der Waals surface area contributed by atoms with Gasteiger partial charge in [-0.15, -0.1) is 11.8 Å². The number of ketones is 1. The van der Waals surface area contributed by atoms with E-state index in [1.54, 1.807) is 24.9 Å². The number of methoxy groups -OCH3 is 1. The van der Waals surface area contributed by atoms with Crippen molar-refractivity contribution in [3.63, 3.8) is 0 Å². The van der Waals surface area contributed by atoms with Crippen LogP contribution in [0.25, 0.3) is 6.08 Å². The van der Waals surface area contributed by atoms with Gasteiger partial charge < -0.3 is 4.74 Å². The van der Waals surface area contributed by atoms with Crippen molar-refractivity contribution in [1.29, 1.82) is 0 Å². The Morgan fingerprint density at radius 2 is 1.74 bits per heavy atom. The number of ether oxygens (including phenoxy) is 1. The monoisotopic (exact) mass is 374 g/mol. The van der Waals surface area contributed by atoms with Crippen LogP contribution in [0.2, 0.25) is 0 Å². The molecule has 3 rings (SSSR count). The fraction of sp³-hybridized carbons (Fsp3) is 0.125. The van der Waals surface area contributed by atoms with Crippen molar-refractivity contribution in [2.75, 3.05) is 7.11 Å². The van der Waals surface area contributed by atoms with Gasteiger partial charge in [0.1, 0.15) is 5.75 Å². The van der Waals surface area contributed by atoms with E-state index in [0.717, 1.165) is 28.2 Å². The summed E-state index contributed by atoms with van der Waals surface area (Å²) in [5.74, 6) is 1.67. The van der Waals surface area contributed by atoms with Crippen LogP contribution in [0.4, 0.5) is 0 Å². The van der Waals surface area contributed by atoms with Gasteiger partial charge >= 0.3 is 0 Å². The minimum Gasteiger partial charge on any atom is -0.496 e. The second-order valence-electron chi connectivity index (χ2n) is 6.24. The standard InChI is InChI=1S/C24H22O2S/c1-18-8-12-20(13-9-18)23(25)15-11-19-10-14-21(24(16-19)26-2)17-27-22-6-4-3-5-7-22/h3-16H,17H2,1-2H3/b15-11+. The summed E-state index contributed by atoms with van der Waals surface area (Å²) in [5.41, 5.74) is 3.91. The number of carbonyl (C=O) groups is 1. The molecule has 0 N–H and O–H groups in total. The maximum atomic E-state index is 12.3. The molecule has 0 saturated heterocycles. The first kappa shape index (κ1) is 19.0. The van der Waals surface area contributed by atoms with E-state index in [9.17, 15) is 4.79 Å². The first-order valence-corrected chi connectivity index (χ1v) is 9.78. The lowest BCUT2D eigenvalue weighted by Crippen LogP contribution is -1.94. The number of carbonyl (C=O) groups excluding carboxylic acids is 1. The van der Waals surface area contributed by atoms with Crippen molar-refractivity contribution in [1.82, 2.24) is 0 Å². The molecule has 0 heterocycles. The molecule has 0 radical (unpaired) electrons. The molecule has 0 aliphatic carbocycles. The molecule has 0 amide bonds. The molecule has 3 aromatic carbocycles. The van der Waals surface area contributed by atoms with Gasteiger partial charge in [-0.05, 0) is 36.8 Å². The van der Waals surface area contributed by atoms with Crippen LogP contribution in [0.1, 0.15) is 27.0 Å². The molecule has 0 fully saturated rings. The van der Waals surface area contributed by atoms with Gasteiger partial charge in [-0.25, -0.2) is 0 Å². The highest BCUT2D eigenvalue weighted by molar-refractivity contribution is 7.98. The molecule has 27 heavy (non-hydrogen) atoms. The maximum absolute atomic E-state index is 12.3. The van der Waals surface area contributed by atoms with E-state index in [-0.39, 0.29) is 5.78 Å². The van der Waals surface area contributed by atoms with Crippen LogP contribution in [0.15, 0.2) is 83.8 Å². The third kappa shape index (κ3) is 5.35. The normalized spacial score (nSPS) is 10.9. The van der Waals surface area contributed by atoms with Gasteiger partial charge in [0, 0.05) is 21.8 Å². The van der Waals surface area contributed by atoms with Gasteiger partial charge in [0.25, 0.3) is 0 Å². The van der Waals surface area contributed by atoms with Crippen LogP contribution in [0, 0.1) is 6.92 Å². The number of allylic oxidation sites excluding steroid dienone is 1. The first-order valence-electron chi connectivity index (χ1n) is 8.79. The van der Waals surface area contributed by atoms with Gasteiger partial charge in [-0.3, -0.25) is 4.79 Å². The van der Waals surface area contributed by atoms with Gasteiger partial charge in [0.05, 0.1) is 7.11 Å². The summed E-state index contributed by atoms with van der Waals surface area (Å²) >= 11 is 1.77. The van der Waals surface area contributed by atoms with Crippen LogP contribution in [-0.4, -0.2) is 12.9 Å². The summed E-state index contributed by atoms with van der Waals surface area (Å²) in [7, 11) is 1.68. The van der Waals surface area contributed by atoms with Crippen LogP contribution in [0.3, 0.4) is 0 Å². The molecule has 3 heteroatoms. The Morgan fingerprint density at radius 3 is 2.44 bits per heavy atom. The van der Waals surface area contributed by atoms with E-state index in [4.69, 9.17) is 4.74 Å². The third-order valence-corrected chi connectivity index (χ3v) is 5.27. The molecule has 0 aliphatic rings. The molecule has 0 aliphatic heterocycles. The van der Waals surface area contributed by atoms with Crippen molar-refractivity contribution in [2.24, 2.45) is 0 Å². The summed E-state index contributed by atoms with van der Waals surface area (Å²) in [4.78, 5) is 13.5. The second-order valence-corrected chi connectivity index (χ2v) is 7.29. The quantitative estimate of drug-likeness (QED) is 0.280. The zero-order chi connectivity index (χ0) is 19.1. The number of rotatable bonds is 7. The second kappa shape index (κ2) is 9.24. The van der Waals surface area contributed by atoms with E-state index in [1.807, 2.05) is 67.6 Å². The van der Waals surface area contributed by atoms with Crippen molar-refractivity contribution < 1.29 is 9.53 Å². The zero-order valence-electron chi connectivity index (χ0n) is 15.5. The Hall–Kier alpha value is -2.78. The highest BCUT2D eigenvalue weighted by atomic mass is 32.2. The molecule has 0 bridgehead atoms. The van der Waals surface area contributed by atoms with Gasteiger partial charge in [0.15, 0.2) is 5.78 Å². The lowest BCUT2D eigenvalue weighted by molar-refractivity contribution is 0.104. The molecule has 0 aromatic heterocycles. The smallest absolute Gasteiger partial charge is 0.185 e. The van der Waals surface area contributed by atoms with E-state index >= 15 is 0 Å². The topological polar surface area (TPSA) is 26.3 Å². The van der Waals surface area contributed by atoms with Crippen LogP contribution in [0.5, 0.6) is 5.75 Å². The van der Waals surface area contributed by atoms with E-state index < -0.39 is 0 Å². The maximum Gasteiger partial charge on any atom is 0.185 e. The van der Waals surface area contributed by atoms with Crippen LogP contribution >= 0.6 is 11.8 Å². The van der Waals surface area contributed by atoms with Crippen molar-refractivity contribution in [2.45, 2.75) is 17.6 Å². The summed E-state index contributed by atoms with van der Waals surface area (Å²) < 4.78 is 5.55. The largest absolute Gasteiger partial charge is 0.496 e. The van der Waals surface area contributed by atoms with E-state index in [1.165, 1.54) is 4.90 Å². The molecule has 3 aromatic rings. The molecule has 0 unspecified atom stereocenters. The predicted molar refractivity (Wildman–Crippen MR) is 114 cm³/mol. The fourth-order valence-electron chi connectivity index (χ4n) is 2.65. The number of aryl methyl sites for hydroxylation is 1. The average molecular weight is 375 g/mol. The van der Waals surface area contributed by atoms with Gasteiger partial charge in [-0.1, -0.05) is 66.2 Å². The van der Waals surface area contributed by atoms with E-state index in [0.29, 0.717) is 5.56 Å². The fourth-order valence-corrected chi connectivity index (χ4v) is 3.56. The predicted octanol–water partition coefficient (Wildman–Crippen LogP) is 6.19. The molecular formula is C24H22O2S. The minimum atomic E-state index is -0.00215. The highest BCUT2D eigenvalue weighted by Crippen LogP contribution is 2.29. The SMILES string of the molecule is COc1cc(/C=C/C(=O)c2ccc(C)cc2)ccc1CSc1ccccc1. The van der Waals surface area contributed by atoms with Crippen LogP contribution in [-0.2, 0) is 5.75 Å². The summed E-state index contributed by atoms with van der Waals surface area (Å²) in [6, 6.07) is 24.0. The average Bonchev–Trinajstić information content (AvgIpc) is 2.72. The van der Waals surface area contributed by atoms with Gasteiger partial charge in [0.2, 0.25) is 0 Å². The minimum absolute atomic E-state index is 0.00215. The molecule has 136 valence electrons. The number of benzene rings is 3. The Labute approximate surface area is 164 Å². The summed E-state index contributed by atoms with van der Waals surface area (Å²) in [6.07, 6.45) is 3.44. The number of hydrogen-bond acceptors (Lipinski definition) is 3. The Balaban J connectivity index is 1.69. The Morgan fingerprint density at radius 1 is 1.00 bits per heavy atom. The number of thioether (sulfide) groups is 1. The Bertz CT molecular complexity index is 928. The summed E-state index contributed by atoms with van der Waals surface area (Å²) in [5, 5.41) is 0. The van der Waals surface area contributed by atoms with Crippen molar-refractivity contribution in [3.05, 3.63) is 101 Å². The first-order chi connectivity index (χ1) is 13.2. The van der Waals surface area contributed by atoms with Gasteiger partial charge in [-0.2, -0.15) is 0 Å². The third-order valence-electron chi connectivity index (χ3n) is 4.21. The van der Waals surface area contributed by atoms with Crippen molar-refractivity contribution in [3.8, 4) is 5.75 Å². The zero-order valence-corrected chi connectivity index (χ0v) is 16.3. The lowest BCUT2D eigenvalue weighted by Gasteiger charge is -2.09. The molecule has 0 spiro atoms. The summed E-state index contributed by atoms with van der Waals surface area (Å²) in [6.45, 7) is 2.01. The molecular weight excluding hydrogens is 352 g/mol. The lowest BCUT2D eigenvalue weighted by atomic mass is 10.1.